The van der Waals surface area contributed by atoms with Gasteiger partial charge in [0.1, 0.15) is 5.69 Å². The van der Waals surface area contributed by atoms with Gasteiger partial charge in [-0.15, -0.1) is 0 Å². The van der Waals surface area contributed by atoms with E-state index in [1.807, 2.05) is 17.9 Å². The number of anilines is 1. The highest BCUT2D eigenvalue weighted by Crippen LogP contribution is 2.35. The molecule has 1 aliphatic rings. The number of β-amino-alcohol motifs (C(OH)–C–C–N with tert-alkyl or cyclic N) is 1. The second-order valence-electron chi connectivity index (χ2n) is 5.22. The quantitative estimate of drug-likeness (QED) is 0.645. The fourth-order valence-corrected chi connectivity index (χ4v) is 2.61. The zero-order chi connectivity index (χ0) is 13.3. The molecule has 1 aromatic rings. The molecule has 1 unspecified atom stereocenters. The van der Waals surface area contributed by atoms with Crippen molar-refractivity contribution in [2.24, 2.45) is 0 Å². The van der Waals surface area contributed by atoms with Crippen molar-refractivity contribution in [3.63, 3.8) is 0 Å². The molecule has 5 nitrogen and oxygen atoms in total. The van der Waals surface area contributed by atoms with E-state index in [1.54, 1.807) is 13.0 Å². The third kappa shape index (κ3) is 2.46. The number of piperidine rings is 1. The number of benzene rings is 1. The molecule has 0 aliphatic carbocycles. The van der Waals surface area contributed by atoms with Crippen LogP contribution in [-0.2, 0) is 0 Å². The lowest BCUT2D eigenvalue weighted by Crippen LogP contribution is -2.46. The minimum atomic E-state index is -0.769. The summed E-state index contributed by atoms with van der Waals surface area (Å²) < 4.78 is 0. The largest absolute Gasteiger partial charge is 0.388 e. The van der Waals surface area contributed by atoms with Crippen LogP contribution in [0.5, 0.6) is 0 Å². The van der Waals surface area contributed by atoms with E-state index < -0.39 is 5.60 Å². The zero-order valence-corrected chi connectivity index (χ0v) is 10.7. The van der Waals surface area contributed by atoms with Gasteiger partial charge in [-0.2, -0.15) is 0 Å². The fraction of sp³-hybridized carbons (Fsp3) is 0.538. The fourth-order valence-electron chi connectivity index (χ4n) is 2.61. The van der Waals surface area contributed by atoms with Crippen LogP contribution < -0.4 is 4.90 Å². The van der Waals surface area contributed by atoms with Crippen molar-refractivity contribution >= 4 is 11.4 Å². The van der Waals surface area contributed by atoms with E-state index in [-0.39, 0.29) is 10.6 Å². The van der Waals surface area contributed by atoms with Gasteiger partial charge in [0.05, 0.1) is 10.5 Å². The van der Waals surface area contributed by atoms with Crippen molar-refractivity contribution in [2.75, 3.05) is 18.0 Å². The van der Waals surface area contributed by atoms with E-state index in [2.05, 4.69) is 0 Å². The Hall–Kier alpha value is -1.62. The Balaban J connectivity index is 2.41. The second-order valence-corrected chi connectivity index (χ2v) is 5.22. The number of hydrogen-bond donors (Lipinski definition) is 1. The van der Waals surface area contributed by atoms with Gasteiger partial charge >= 0.3 is 0 Å². The van der Waals surface area contributed by atoms with Gasteiger partial charge in [-0.1, -0.05) is 12.1 Å². The molecule has 1 fully saturated rings. The van der Waals surface area contributed by atoms with Gasteiger partial charge in [0.15, 0.2) is 0 Å². The van der Waals surface area contributed by atoms with Crippen LogP contribution in [0, 0.1) is 17.0 Å². The highest BCUT2D eigenvalue weighted by Gasteiger charge is 2.32. The summed E-state index contributed by atoms with van der Waals surface area (Å²) in [5.41, 5.74) is 0.867. The van der Waals surface area contributed by atoms with Crippen LogP contribution in [0.2, 0.25) is 0 Å². The first-order chi connectivity index (χ1) is 8.41. The SMILES string of the molecule is Cc1cccc([N+](=O)[O-])c1N1CCCC(C)(O)C1. The summed E-state index contributed by atoms with van der Waals surface area (Å²) in [6.45, 7) is 4.84. The summed E-state index contributed by atoms with van der Waals surface area (Å²) in [7, 11) is 0. The van der Waals surface area contributed by atoms with Gasteiger partial charge in [-0.05, 0) is 32.3 Å². The Morgan fingerprint density at radius 2 is 2.22 bits per heavy atom. The van der Waals surface area contributed by atoms with Crippen LogP contribution in [0.4, 0.5) is 11.4 Å². The Bertz CT molecular complexity index is 471. The average molecular weight is 250 g/mol. The molecular formula is C13H18N2O3. The number of nitro benzene ring substituents is 1. The van der Waals surface area contributed by atoms with Gasteiger partial charge in [0.2, 0.25) is 0 Å². The minimum Gasteiger partial charge on any atom is -0.388 e. The number of nitro groups is 1. The van der Waals surface area contributed by atoms with Crippen LogP contribution in [0.3, 0.4) is 0 Å². The Morgan fingerprint density at radius 1 is 1.50 bits per heavy atom. The standard InChI is InChI=1S/C13H18N2O3/c1-10-5-3-6-11(15(17)18)12(10)14-8-4-7-13(2,16)9-14/h3,5-6,16H,4,7-9H2,1-2H3. The Morgan fingerprint density at radius 3 is 2.83 bits per heavy atom. The predicted molar refractivity (Wildman–Crippen MR) is 69.9 cm³/mol. The molecular weight excluding hydrogens is 232 g/mol. The summed E-state index contributed by atoms with van der Waals surface area (Å²) in [5, 5.41) is 21.2. The van der Waals surface area contributed by atoms with Gasteiger partial charge in [-0.25, -0.2) is 0 Å². The summed E-state index contributed by atoms with van der Waals surface area (Å²) in [5.74, 6) is 0. The monoisotopic (exact) mass is 250 g/mol. The van der Waals surface area contributed by atoms with Crippen LogP contribution >= 0.6 is 0 Å². The minimum absolute atomic E-state index is 0.118. The van der Waals surface area contributed by atoms with Crippen molar-refractivity contribution in [3.8, 4) is 0 Å². The molecule has 0 amide bonds. The van der Waals surface area contributed by atoms with Crippen molar-refractivity contribution in [2.45, 2.75) is 32.3 Å². The number of hydrogen-bond acceptors (Lipinski definition) is 4. The zero-order valence-electron chi connectivity index (χ0n) is 10.7. The van der Waals surface area contributed by atoms with Gasteiger partial charge in [-0.3, -0.25) is 10.1 Å². The molecule has 98 valence electrons. The third-order valence-corrected chi connectivity index (χ3v) is 3.40. The first-order valence-corrected chi connectivity index (χ1v) is 6.12. The molecule has 5 heteroatoms. The average Bonchev–Trinajstić information content (AvgIpc) is 2.27. The van der Waals surface area contributed by atoms with Crippen molar-refractivity contribution in [1.82, 2.24) is 0 Å². The molecule has 1 N–H and O–H groups in total. The number of aryl methyl sites for hydroxylation is 1. The molecule has 0 spiro atoms. The lowest BCUT2D eigenvalue weighted by molar-refractivity contribution is -0.384. The molecule has 0 saturated carbocycles. The predicted octanol–water partition coefficient (Wildman–Crippen LogP) is 2.25. The summed E-state index contributed by atoms with van der Waals surface area (Å²) >= 11 is 0. The first kappa shape index (κ1) is 12.8. The Labute approximate surface area is 106 Å². The lowest BCUT2D eigenvalue weighted by atomic mass is 9.94. The molecule has 18 heavy (non-hydrogen) atoms. The summed E-state index contributed by atoms with van der Waals surface area (Å²) in [4.78, 5) is 12.7. The third-order valence-electron chi connectivity index (χ3n) is 3.40. The first-order valence-electron chi connectivity index (χ1n) is 6.12. The van der Waals surface area contributed by atoms with Crippen molar-refractivity contribution in [1.29, 1.82) is 0 Å². The molecule has 0 aromatic heterocycles. The lowest BCUT2D eigenvalue weighted by Gasteiger charge is -2.38. The molecule has 0 bridgehead atoms. The Kier molecular flexibility index (Phi) is 3.26. The van der Waals surface area contributed by atoms with E-state index in [1.165, 1.54) is 6.07 Å². The van der Waals surface area contributed by atoms with Crippen molar-refractivity contribution in [3.05, 3.63) is 33.9 Å². The van der Waals surface area contributed by atoms with E-state index in [0.29, 0.717) is 12.2 Å². The molecule has 1 aliphatic heterocycles. The van der Waals surface area contributed by atoms with Gasteiger partial charge in [0.25, 0.3) is 5.69 Å². The van der Waals surface area contributed by atoms with E-state index in [9.17, 15) is 15.2 Å². The van der Waals surface area contributed by atoms with E-state index >= 15 is 0 Å². The number of para-hydroxylation sites is 1. The molecule has 1 aromatic carbocycles. The highest BCUT2D eigenvalue weighted by atomic mass is 16.6. The van der Waals surface area contributed by atoms with Crippen LogP contribution in [0.25, 0.3) is 0 Å². The molecule has 0 radical (unpaired) electrons. The molecule has 1 saturated heterocycles. The molecule has 1 atom stereocenters. The maximum absolute atomic E-state index is 11.1. The summed E-state index contributed by atoms with van der Waals surface area (Å²) in [6.07, 6.45) is 1.58. The van der Waals surface area contributed by atoms with E-state index in [0.717, 1.165) is 24.9 Å². The maximum atomic E-state index is 11.1. The topological polar surface area (TPSA) is 66.6 Å². The smallest absolute Gasteiger partial charge is 0.292 e. The van der Waals surface area contributed by atoms with Crippen LogP contribution in [0.1, 0.15) is 25.3 Å². The summed E-state index contributed by atoms with van der Waals surface area (Å²) in [6, 6.07) is 5.08. The van der Waals surface area contributed by atoms with Crippen molar-refractivity contribution < 1.29 is 10.0 Å². The molecule has 1 heterocycles. The molecule has 2 rings (SSSR count). The number of nitrogens with zero attached hydrogens (tertiary/aromatic N) is 2. The normalized spacial score (nSPS) is 24.1. The number of rotatable bonds is 2. The second kappa shape index (κ2) is 4.57. The number of aliphatic hydroxyl groups is 1. The maximum Gasteiger partial charge on any atom is 0.292 e. The van der Waals surface area contributed by atoms with Gasteiger partial charge in [0, 0.05) is 19.2 Å². The van der Waals surface area contributed by atoms with Crippen LogP contribution in [0.15, 0.2) is 18.2 Å². The van der Waals surface area contributed by atoms with Crippen LogP contribution in [-0.4, -0.2) is 28.7 Å². The van der Waals surface area contributed by atoms with E-state index in [4.69, 9.17) is 0 Å². The van der Waals surface area contributed by atoms with Gasteiger partial charge < -0.3 is 10.0 Å². The highest BCUT2D eigenvalue weighted by molar-refractivity contribution is 5.68.